The molecule has 1 aromatic heterocycles. The van der Waals surface area contributed by atoms with Crippen molar-refractivity contribution in [1.82, 2.24) is 15.1 Å². The maximum absolute atomic E-state index is 4.51. The maximum atomic E-state index is 4.51. The Morgan fingerprint density at radius 1 is 1.41 bits per heavy atom. The van der Waals surface area contributed by atoms with Crippen LogP contribution in [0.1, 0.15) is 45.0 Å². The van der Waals surface area contributed by atoms with Crippen molar-refractivity contribution in [3.05, 3.63) is 17.5 Å². The van der Waals surface area contributed by atoms with E-state index in [4.69, 9.17) is 0 Å². The minimum Gasteiger partial charge on any atom is -0.316 e. The second kappa shape index (κ2) is 6.80. The maximum Gasteiger partial charge on any atom is 0.0624 e. The number of nitrogens with one attached hydrogen (secondary N) is 1. The number of hydrogen-bond acceptors (Lipinski definition) is 2. The molecule has 0 aliphatic heterocycles. The van der Waals surface area contributed by atoms with Gasteiger partial charge in [-0.05, 0) is 31.9 Å². The zero-order valence-electron chi connectivity index (χ0n) is 12.0. The Balaban J connectivity index is 2.69. The van der Waals surface area contributed by atoms with E-state index in [1.165, 1.54) is 24.2 Å². The fourth-order valence-corrected chi connectivity index (χ4v) is 2.40. The topological polar surface area (TPSA) is 29.9 Å². The average molecular weight is 237 g/mol. The largest absolute Gasteiger partial charge is 0.316 e. The van der Waals surface area contributed by atoms with Gasteiger partial charge in [0.2, 0.25) is 0 Å². The molecular formula is C14H27N3. The van der Waals surface area contributed by atoms with Crippen molar-refractivity contribution in [1.29, 1.82) is 0 Å². The van der Waals surface area contributed by atoms with Crippen molar-refractivity contribution in [2.45, 2.75) is 52.5 Å². The van der Waals surface area contributed by atoms with Crippen molar-refractivity contribution >= 4 is 0 Å². The monoisotopic (exact) mass is 237 g/mol. The summed E-state index contributed by atoms with van der Waals surface area (Å²) < 4.78 is 2.03. The first-order valence-electron chi connectivity index (χ1n) is 6.81. The summed E-state index contributed by atoms with van der Waals surface area (Å²) >= 11 is 0. The van der Waals surface area contributed by atoms with Crippen LogP contribution in [-0.4, -0.2) is 22.9 Å². The minimum absolute atomic E-state index is 0.551. The van der Waals surface area contributed by atoms with Crippen LogP contribution in [0.4, 0.5) is 0 Å². The van der Waals surface area contributed by atoms with Gasteiger partial charge >= 0.3 is 0 Å². The van der Waals surface area contributed by atoms with E-state index in [9.17, 15) is 0 Å². The average Bonchev–Trinajstić information content (AvgIpc) is 2.67. The molecule has 2 unspecified atom stereocenters. The molecule has 0 aliphatic rings. The first kappa shape index (κ1) is 14.2. The van der Waals surface area contributed by atoms with Gasteiger partial charge in [0, 0.05) is 25.2 Å². The van der Waals surface area contributed by atoms with Gasteiger partial charge in [-0.15, -0.1) is 0 Å². The summed E-state index contributed by atoms with van der Waals surface area (Å²) in [7, 11) is 4.11. The predicted molar refractivity (Wildman–Crippen MR) is 73.2 cm³/mol. The van der Waals surface area contributed by atoms with Gasteiger partial charge in [-0.25, -0.2) is 0 Å². The summed E-state index contributed by atoms with van der Waals surface area (Å²) in [5.74, 6) is 0.713. The highest BCUT2D eigenvalue weighted by Gasteiger charge is 2.17. The standard InChI is InChI=1S/C14H27N3/c1-6-8-11(3)14(15-4)10-13-9-12(7-2)16-17(13)5/h9,11,14-15H,6-8,10H2,1-5H3. The van der Waals surface area contributed by atoms with Gasteiger partial charge in [0.05, 0.1) is 5.69 Å². The van der Waals surface area contributed by atoms with E-state index in [2.05, 4.69) is 44.3 Å². The number of nitrogens with zero attached hydrogens (tertiary/aromatic N) is 2. The molecule has 3 nitrogen and oxygen atoms in total. The predicted octanol–water partition coefficient (Wildman–Crippen LogP) is 2.55. The molecule has 2 atom stereocenters. The van der Waals surface area contributed by atoms with Gasteiger partial charge in [-0.3, -0.25) is 4.68 Å². The number of likely N-dealkylation sites (N-methyl/N-ethyl adjacent to an activating group) is 1. The lowest BCUT2D eigenvalue weighted by atomic mass is 9.93. The fourth-order valence-electron chi connectivity index (χ4n) is 2.40. The van der Waals surface area contributed by atoms with Crippen molar-refractivity contribution in [3.8, 4) is 0 Å². The lowest BCUT2D eigenvalue weighted by Gasteiger charge is -2.23. The molecule has 0 amide bonds. The Kier molecular flexibility index (Phi) is 5.69. The highest BCUT2D eigenvalue weighted by Crippen LogP contribution is 2.15. The van der Waals surface area contributed by atoms with E-state index in [0.717, 1.165) is 12.8 Å². The summed E-state index contributed by atoms with van der Waals surface area (Å²) in [4.78, 5) is 0. The molecule has 0 fully saturated rings. The molecular weight excluding hydrogens is 210 g/mol. The quantitative estimate of drug-likeness (QED) is 0.790. The van der Waals surface area contributed by atoms with E-state index in [1.54, 1.807) is 0 Å². The zero-order chi connectivity index (χ0) is 12.8. The van der Waals surface area contributed by atoms with E-state index in [0.29, 0.717) is 12.0 Å². The van der Waals surface area contributed by atoms with Crippen LogP contribution in [0.25, 0.3) is 0 Å². The molecule has 0 bridgehead atoms. The molecule has 0 aromatic carbocycles. The smallest absolute Gasteiger partial charge is 0.0624 e. The Hall–Kier alpha value is -0.830. The Bertz CT molecular complexity index is 330. The van der Waals surface area contributed by atoms with Crippen molar-refractivity contribution < 1.29 is 0 Å². The third kappa shape index (κ3) is 3.84. The molecule has 17 heavy (non-hydrogen) atoms. The molecule has 1 heterocycles. The van der Waals surface area contributed by atoms with E-state index >= 15 is 0 Å². The number of rotatable bonds is 7. The van der Waals surface area contributed by atoms with Crippen molar-refractivity contribution in [2.75, 3.05) is 7.05 Å². The van der Waals surface area contributed by atoms with Gasteiger partial charge in [-0.1, -0.05) is 27.2 Å². The lowest BCUT2D eigenvalue weighted by molar-refractivity contribution is 0.366. The normalized spacial score (nSPS) is 14.9. The third-order valence-corrected chi connectivity index (χ3v) is 3.62. The van der Waals surface area contributed by atoms with Crippen molar-refractivity contribution in [2.24, 2.45) is 13.0 Å². The molecule has 0 aliphatic carbocycles. The summed E-state index contributed by atoms with van der Waals surface area (Å²) in [6.07, 6.45) is 4.62. The summed E-state index contributed by atoms with van der Waals surface area (Å²) in [6, 6.07) is 2.79. The van der Waals surface area contributed by atoms with Gasteiger partial charge in [-0.2, -0.15) is 5.10 Å². The van der Waals surface area contributed by atoms with Gasteiger partial charge in [0.25, 0.3) is 0 Å². The van der Waals surface area contributed by atoms with E-state index in [1.807, 2.05) is 11.7 Å². The fraction of sp³-hybridized carbons (Fsp3) is 0.786. The zero-order valence-corrected chi connectivity index (χ0v) is 12.0. The van der Waals surface area contributed by atoms with Crippen molar-refractivity contribution in [3.63, 3.8) is 0 Å². The molecule has 1 N–H and O–H groups in total. The van der Waals surface area contributed by atoms with Crippen LogP contribution < -0.4 is 5.32 Å². The third-order valence-electron chi connectivity index (χ3n) is 3.62. The van der Waals surface area contributed by atoms with Crippen LogP contribution in [-0.2, 0) is 19.9 Å². The lowest BCUT2D eigenvalue weighted by Crippen LogP contribution is -2.34. The molecule has 1 rings (SSSR count). The molecule has 0 saturated carbocycles. The summed E-state index contributed by atoms with van der Waals surface area (Å²) in [5.41, 5.74) is 2.53. The number of aromatic nitrogens is 2. The second-order valence-corrected chi connectivity index (χ2v) is 4.97. The SMILES string of the molecule is CCCC(C)C(Cc1cc(CC)nn1C)NC. The summed E-state index contributed by atoms with van der Waals surface area (Å²) in [6.45, 7) is 6.74. The molecule has 98 valence electrons. The highest BCUT2D eigenvalue weighted by molar-refractivity contribution is 5.11. The Morgan fingerprint density at radius 3 is 2.59 bits per heavy atom. The van der Waals surface area contributed by atoms with Gasteiger partial charge < -0.3 is 5.32 Å². The first-order valence-corrected chi connectivity index (χ1v) is 6.81. The minimum atomic E-state index is 0.551. The molecule has 1 aromatic rings. The molecule has 0 radical (unpaired) electrons. The summed E-state index contributed by atoms with van der Waals surface area (Å²) in [5, 5.41) is 7.96. The number of aryl methyl sites for hydroxylation is 2. The Morgan fingerprint density at radius 2 is 2.12 bits per heavy atom. The van der Waals surface area contributed by atoms with Gasteiger partial charge in [0.1, 0.15) is 0 Å². The van der Waals surface area contributed by atoms with E-state index in [-0.39, 0.29) is 0 Å². The van der Waals surface area contributed by atoms with Crippen LogP contribution in [0.3, 0.4) is 0 Å². The second-order valence-electron chi connectivity index (χ2n) is 4.97. The first-order chi connectivity index (χ1) is 8.12. The highest BCUT2D eigenvalue weighted by atomic mass is 15.3. The van der Waals surface area contributed by atoms with Crippen LogP contribution in [0.5, 0.6) is 0 Å². The molecule has 0 saturated heterocycles. The van der Waals surface area contributed by atoms with E-state index < -0.39 is 0 Å². The Labute approximate surface area is 106 Å². The van der Waals surface area contributed by atoms with Crippen LogP contribution >= 0.6 is 0 Å². The van der Waals surface area contributed by atoms with Gasteiger partial charge in [0.15, 0.2) is 0 Å². The molecule has 0 spiro atoms. The molecule has 3 heteroatoms. The van der Waals surface area contributed by atoms with Crippen LogP contribution in [0, 0.1) is 5.92 Å². The number of hydrogen-bond donors (Lipinski definition) is 1. The van der Waals surface area contributed by atoms with Crippen LogP contribution in [0.2, 0.25) is 0 Å². The van der Waals surface area contributed by atoms with Crippen LogP contribution in [0.15, 0.2) is 6.07 Å².